The second kappa shape index (κ2) is 6.97. The zero-order valence-corrected chi connectivity index (χ0v) is 12.6. The van der Waals surface area contributed by atoms with Crippen LogP contribution in [0.2, 0.25) is 0 Å². The molecule has 21 heavy (non-hydrogen) atoms. The lowest BCUT2D eigenvalue weighted by atomic mass is 10.0. The normalized spacial score (nSPS) is 10.4. The van der Waals surface area contributed by atoms with Crippen LogP contribution in [0, 0.1) is 6.92 Å². The number of aryl methyl sites for hydroxylation is 3. The zero-order valence-electron chi connectivity index (χ0n) is 12.6. The van der Waals surface area contributed by atoms with Gasteiger partial charge in [0.15, 0.2) is 0 Å². The molecule has 1 aromatic carbocycles. The van der Waals surface area contributed by atoms with Gasteiger partial charge in [-0.15, -0.1) is 0 Å². The minimum absolute atomic E-state index is 0.312. The average Bonchev–Trinajstić information content (AvgIpc) is 2.87. The summed E-state index contributed by atoms with van der Waals surface area (Å²) in [6, 6.07) is 7.91. The van der Waals surface area contributed by atoms with Crippen molar-refractivity contribution < 1.29 is 18.7 Å². The van der Waals surface area contributed by atoms with Crippen molar-refractivity contribution in [2.24, 2.45) is 0 Å². The topological polar surface area (TPSA) is 48.7 Å². The number of benzene rings is 1. The fraction of sp³-hybridized carbons (Fsp3) is 0.353. The molecule has 112 valence electrons. The van der Waals surface area contributed by atoms with Crippen LogP contribution < -0.4 is 4.74 Å². The molecule has 0 aliphatic rings. The second-order valence-corrected chi connectivity index (χ2v) is 4.76. The summed E-state index contributed by atoms with van der Waals surface area (Å²) >= 11 is 0. The van der Waals surface area contributed by atoms with Crippen LogP contribution in [0.4, 0.5) is 0 Å². The standard InChI is InChI=1S/C17H20O4/c1-4-20-17(18)16-12(2)21-11-14(16)8-5-13-6-9-15(19-3)10-7-13/h6-7,9-11H,4-5,8H2,1-3H3. The lowest BCUT2D eigenvalue weighted by Crippen LogP contribution is -2.08. The predicted molar refractivity (Wildman–Crippen MR) is 79.8 cm³/mol. The Kier molecular flexibility index (Phi) is 5.04. The van der Waals surface area contributed by atoms with Gasteiger partial charge < -0.3 is 13.9 Å². The first-order valence-electron chi connectivity index (χ1n) is 7.02. The summed E-state index contributed by atoms with van der Waals surface area (Å²) in [4.78, 5) is 11.9. The molecule has 0 fully saturated rings. The van der Waals surface area contributed by atoms with Gasteiger partial charge in [-0.05, 0) is 44.4 Å². The van der Waals surface area contributed by atoms with E-state index in [1.807, 2.05) is 24.3 Å². The summed E-state index contributed by atoms with van der Waals surface area (Å²) in [6.07, 6.45) is 3.21. The molecule has 0 N–H and O–H groups in total. The lowest BCUT2D eigenvalue weighted by molar-refractivity contribution is 0.0523. The molecule has 0 bridgehead atoms. The highest BCUT2D eigenvalue weighted by molar-refractivity contribution is 5.92. The third-order valence-corrected chi connectivity index (χ3v) is 3.37. The van der Waals surface area contributed by atoms with Crippen LogP contribution in [-0.2, 0) is 17.6 Å². The molecular formula is C17H20O4. The number of esters is 1. The highest BCUT2D eigenvalue weighted by atomic mass is 16.5. The Morgan fingerprint density at radius 1 is 1.19 bits per heavy atom. The Morgan fingerprint density at radius 3 is 2.52 bits per heavy atom. The van der Waals surface area contributed by atoms with E-state index in [1.165, 1.54) is 5.56 Å². The minimum atomic E-state index is -0.312. The van der Waals surface area contributed by atoms with Gasteiger partial charge in [0, 0.05) is 5.56 Å². The molecule has 2 rings (SSSR count). The fourth-order valence-electron chi connectivity index (χ4n) is 2.24. The van der Waals surface area contributed by atoms with E-state index in [4.69, 9.17) is 13.9 Å². The number of hydrogen-bond acceptors (Lipinski definition) is 4. The van der Waals surface area contributed by atoms with E-state index in [9.17, 15) is 4.79 Å². The first-order valence-corrected chi connectivity index (χ1v) is 7.02. The number of furan rings is 1. The predicted octanol–water partition coefficient (Wildman–Crippen LogP) is 3.56. The van der Waals surface area contributed by atoms with Crippen molar-refractivity contribution in [2.75, 3.05) is 13.7 Å². The van der Waals surface area contributed by atoms with Crippen molar-refractivity contribution in [3.63, 3.8) is 0 Å². The summed E-state index contributed by atoms with van der Waals surface area (Å²) in [6.45, 7) is 3.94. The molecule has 0 spiro atoms. The summed E-state index contributed by atoms with van der Waals surface area (Å²) in [5.74, 6) is 1.14. The highest BCUT2D eigenvalue weighted by Crippen LogP contribution is 2.20. The molecule has 0 unspecified atom stereocenters. The first kappa shape index (κ1) is 15.2. The molecule has 0 amide bonds. The summed E-state index contributed by atoms with van der Waals surface area (Å²) in [7, 11) is 1.65. The SMILES string of the molecule is CCOC(=O)c1c(CCc2ccc(OC)cc2)coc1C. The molecule has 1 aromatic heterocycles. The molecule has 4 nitrogen and oxygen atoms in total. The average molecular weight is 288 g/mol. The van der Waals surface area contributed by atoms with Crippen molar-refractivity contribution >= 4 is 5.97 Å². The number of hydrogen-bond donors (Lipinski definition) is 0. The maximum absolute atomic E-state index is 11.9. The maximum Gasteiger partial charge on any atom is 0.341 e. The van der Waals surface area contributed by atoms with Gasteiger partial charge in [-0.25, -0.2) is 4.79 Å². The number of rotatable bonds is 6. The molecule has 0 aliphatic heterocycles. The van der Waals surface area contributed by atoms with Crippen LogP contribution in [0.25, 0.3) is 0 Å². The Hall–Kier alpha value is -2.23. The van der Waals surface area contributed by atoms with E-state index in [-0.39, 0.29) is 5.97 Å². The minimum Gasteiger partial charge on any atom is -0.497 e. The van der Waals surface area contributed by atoms with E-state index in [0.717, 1.165) is 24.2 Å². The summed E-state index contributed by atoms with van der Waals surface area (Å²) in [5, 5.41) is 0. The van der Waals surface area contributed by atoms with Gasteiger partial charge in [-0.1, -0.05) is 12.1 Å². The van der Waals surface area contributed by atoms with Crippen LogP contribution >= 0.6 is 0 Å². The van der Waals surface area contributed by atoms with E-state index in [0.29, 0.717) is 17.9 Å². The van der Waals surface area contributed by atoms with Crippen LogP contribution in [0.15, 0.2) is 34.9 Å². The Labute approximate surface area is 124 Å². The third-order valence-electron chi connectivity index (χ3n) is 3.37. The van der Waals surface area contributed by atoms with Crippen molar-refractivity contribution in [1.82, 2.24) is 0 Å². The molecule has 0 saturated carbocycles. The smallest absolute Gasteiger partial charge is 0.341 e. The number of methoxy groups -OCH3 is 1. The van der Waals surface area contributed by atoms with Crippen LogP contribution in [0.3, 0.4) is 0 Å². The second-order valence-electron chi connectivity index (χ2n) is 4.76. The number of carbonyl (C=O) groups excluding carboxylic acids is 1. The Bertz CT molecular complexity index is 596. The lowest BCUT2D eigenvalue weighted by Gasteiger charge is -2.05. The largest absolute Gasteiger partial charge is 0.497 e. The molecule has 1 heterocycles. The van der Waals surface area contributed by atoms with Crippen molar-refractivity contribution in [3.05, 3.63) is 53.0 Å². The quantitative estimate of drug-likeness (QED) is 0.763. The molecule has 0 atom stereocenters. The molecular weight excluding hydrogens is 268 g/mol. The fourth-order valence-corrected chi connectivity index (χ4v) is 2.24. The monoisotopic (exact) mass is 288 g/mol. The maximum atomic E-state index is 11.9. The van der Waals surface area contributed by atoms with Crippen molar-refractivity contribution in [2.45, 2.75) is 26.7 Å². The Morgan fingerprint density at radius 2 is 1.90 bits per heavy atom. The van der Waals surface area contributed by atoms with Gasteiger partial charge in [0.05, 0.1) is 20.0 Å². The highest BCUT2D eigenvalue weighted by Gasteiger charge is 2.19. The van der Waals surface area contributed by atoms with E-state index in [2.05, 4.69) is 0 Å². The van der Waals surface area contributed by atoms with Crippen LogP contribution in [0.5, 0.6) is 5.75 Å². The van der Waals surface area contributed by atoms with Crippen LogP contribution in [0.1, 0.15) is 34.2 Å². The van der Waals surface area contributed by atoms with Gasteiger partial charge in [0.25, 0.3) is 0 Å². The van der Waals surface area contributed by atoms with Gasteiger partial charge in [0.1, 0.15) is 17.1 Å². The summed E-state index contributed by atoms with van der Waals surface area (Å²) in [5.41, 5.74) is 2.64. The van der Waals surface area contributed by atoms with E-state index < -0.39 is 0 Å². The van der Waals surface area contributed by atoms with Gasteiger partial charge >= 0.3 is 5.97 Å². The van der Waals surface area contributed by atoms with Crippen molar-refractivity contribution in [1.29, 1.82) is 0 Å². The number of carbonyl (C=O) groups is 1. The van der Waals surface area contributed by atoms with Gasteiger partial charge in [-0.3, -0.25) is 0 Å². The van der Waals surface area contributed by atoms with Gasteiger partial charge in [-0.2, -0.15) is 0 Å². The molecule has 0 saturated heterocycles. The number of ether oxygens (including phenoxy) is 2. The third kappa shape index (κ3) is 3.66. The van der Waals surface area contributed by atoms with Crippen molar-refractivity contribution in [3.8, 4) is 5.75 Å². The Balaban J connectivity index is 2.07. The first-order chi connectivity index (χ1) is 10.2. The zero-order chi connectivity index (χ0) is 15.2. The van der Waals surface area contributed by atoms with Gasteiger partial charge in [0.2, 0.25) is 0 Å². The molecule has 4 heteroatoms. The van der Waals surface area contributed by atoms with Crippen LogP contribution in [-0.4, -0.2) is 19.7 Å². The van der Waals surface area contributed by atoms with E-state index in [1.54, 1.807) is 27.2 Å². The molecule has 2 aromatic rings. The molecule has 0 aliphatic carbocycles. The van der Waals surface area contributed by atoms with E-state index >= 15 is 0 Å². The summed E-state index contributed by atoms with van der Waals surface area (Å²) < 4.78 is 15.6. The molecule has 0 radical (unpaired) electrons.